The highest BCUT2D eigenvalue weighted by atomic mass is 32.2. The highest BCUT2D eigenvalue weighted by molar-refractivity contribution is 7.88. The number of hydrogen-bond acceptors (Lipinski definition) is 7. The molecule has 1 spiro atoms. The molecule has 40 heavy (non-hydrogen) atoms. The van der Waals surface area contributed by atoms with Crippen LogP contribution < -0.4 is 9.62 Å². The molecule has 4 aliphatic rings. The summed E-state index contributed by atoms with van der Waals surface area (Å²) in [5.74, 6) is 2.45. The van der Waals surface area contributed by atoms with Crippen molar-refractivity contribution in [2.45, 2.75) is 44.6 Å². The first-order valence-electron chi connectivity index (χ1n) is 14.1. The first-order valence-corrected chi connectivity index (χ1v) is 17.8. The van der Waals surface area contributed by atoms with Gasteiger partial charge in [-0.05, 0) is 73.1 Å². The summed E-state index contributed by atoms with van der Waals surface area (Å²) in [5.41, 5.74) is 2.81. The van der Waals surface area contributed by atoms with E-state index in [-0.39, 0.29) is 6.04 Å². The van der Waals surface area contributed by atoms with Crippen LogP contribution >= 0.6 is 0 Å². The number of piperazine rings is 1. The molecule has 1 aliphatic heterocycles. The van der Waals surface area contributed by atoms with Crippen molar-refractivity contribution in [1.29, 1.82) is 0 Å². The Labute approximate surface area is 235 Å². The molecule has 0 bridgehead atoms. The predicted molar refractivity (Wildman–Crippen MR) is 154 cm³/mol. The van der Waals surface area contributed by atoms with Crippen LogP contribution in [0.2, 0.25) is 0 Å². The molecule has 12 heteroatoms. The summed E-state index contributed by atoms with van der Waals surface area (Å²) in [6, 6.07) is 10.4. The third-order valence-corrected chi connectivity index (χ3v) is 12.1. The largest absolute Gasteiger partial charge is 0.368 e. The zero-order valence-corrected chi connectivity index (χ0v) is 24.6. The van der Waals surface area contributed by atoms with E-state index in [4.69, 9.17) is 4.98 Å². The fraction of sp³-hybridized carbons (Fsp3) is 0.571. The molecule has 2 aromatic heterocycles. The average molecular weight is 585 g/mol. The number of benzene rings is 1. The molecule has 4 fully saturated rings. The summed E-state index contributed by atoms with van der Waals surface area (Å²) in [7, 11) is -6.34. The van der Waals surface area contributed by atoms with E-state index >= 15 is 0 Å². The lowest BCUT2D eigenvalue weighted by Crippen LogP contribution is -2.48. The minimum absolute atomic E-state index is 0.0627. The maximum Gasteiger partial charge on any atom is 0.211 e. The smallest absolute Gasteiger partial charge is 0.211 e. The average Bonchev–Trinajstić information content (AvgIpc) is 3.68. The molecule has 2 atom stereocenters. The Bertz CT molecular complexity index is 1690. The summed E-state index contributed by atoms with van der Waals surface area (Å²) < 4.78 is 53.6. The molecule has 0 amide bonds. The van der Waals surface area contributed by atoms with E-state index in [1.54, 1.807) is 4.31 Å². The topological polar surface area (TPSA) is 117 Å². The van der Waals surface area contributed by atoms with Gasteiger partial charge in [-0.1, -0.05) is 6.07 Å². The molecule has 7 rings (SSSR count). The summed E-state index contributed by atoms with van der Waals surface area (Å²) in [5, 5.41) is 1.12. The molecule has 1 saturated heterocycles. The van der Waals surface area contributed by atoms with E-state index in [1.807, 2.05) is 12.3 Å². The second-order valence-corrected chi connectivity index (χ2v) is 16.0. The van der Waals surface area contributed by atoms with Gasteiger partial charge in [0, 0.05) is 62.1 Å². The second-order valence-electron chi connectivity index (χ2n) is 12.3. The number of aromatic nitrogens is 3. The van der Waals surface area contributed by atoms with E-state index in [9.17, 15) is 16.8 Å². The summed E-state index contributed by atoms with van der Waals surface area (Å²) >= 11 is 0. The minimum Gasteiger partial charge on any atom is -0.368 e. The van der Waals surface area contributed by atoms with E-state index in [0.717, 1.165) is 66.3 Å². The summed E-state index contributed by atoms with van der Waals surface area (Å²) in [6.07, 6.45) is 12.5. The van der Waals surface area contributed by atoms with Crippen molar-refractivity contribution in [3.8, 4) is 5.82 Å². The number of sulfonamides is 2. The van der Waals surface area contributed by atoms with Gasteiger partial charge in [-0.2, -0.15) is 4.31 Å². The van der Waals surface area contributed by atoms with Crippen LogP contribution in [0.1, 0.15) is 37.9 Å². The Kier molecular flexibility index (Phi) is 5.92. The van der Waals surface area contributed by atoms with Gasteiger partial charge in [0.15, 0.2) is 0 Å². The quantitative estimate of drug-likeness (QED) is 0.454. The van der Waals surface area contributed by atoms with Gasteiger partial charge in [-0.3, -0.25) is 0 Å². The molecule has 1 aromatic carbocycles. The van der Waals surface area contributed by atoms with Crippen molar-refractivity contribution >= 4 is 36.6 Å². The molecule has 2 unspecified atom stereocenters. The number of rotatable bonds is 7. The van der Waals surface area contributed by atoms with E-state index < -0.39 is 20.0 Å². The molecular weight excluding hydrogens is 548 g/mol. The number of nitrogens with zero attached hydrogens (tertiary/aromatic N) is 5. The van der Waals surface area contributed by atoms with Crippen LogP contribution in [-0.2, 0) is 26.5 Å². The van der Waals surface area contributed by atoms with E-state index in [2.05, 4.69) is 49.6 Å². The van der Waals surface area contributed by atoms with E-state index in [1.165, 1.54) is 18.9 Å². The molecule has 3 aromatic rings. The maximum absolute atomic E-state index is 11.9. The fourth-order valence-corrected chi connectivity index (χ4v) is 9.63. The molecule has 1 N–H and O–H groups in total. The van der Waals surface area contributed by atoms with Gasteiger partial charge in [0.2, 0.25) is 20.0 Å². The molecular formula is C28H36N6O4S2. The number of anilines is 1. The molecule has 214 valence electrons. The van der Waals surface area contributed by atoms with Gasteiger partial charge in [0.25, 0.3) is 0 Å². The van der Waals surface area contributed by atoms with Crippen LogP contribution in [-0.4, -0.2) is 80.4 Å². The lowest BCUT2D eigenvalue weighted by atomic mass is 9.73. The Morgan fingerprint density at radius 1 is 1.00 bits per heavy atom. The van der Waals surface area contributed by atoms with Crippen LogP contribution in [0.3, 0.4) is 0 Å². The predicted octanol–water partition coefficient (Wildman–Crippen LogP) is 2.54. The van der Waals surface area contributed by atoms with Gasteiger partial charge in [-0.15, -0.1) is 0 Å². The Balaban J connectivity index is 1.07. The molecule has 3 saturated carbocycles. The van der Waals surface area contributed by atoms with Crippen molar-refractivity contribution < 1.29 is 16.8 Å². The van der Waals surface area contributed by atoms with Gasteiger partial charge in [0.1, 0.15) is 11.6 Å². The van der Waals surface area contributed by atoms with Crippen LogP contribution in [0.4, 0.5) is 5.69 Å². The Morgan fingerprint density at radius 2 is 1.75 bits per heavy atom. The van der Waals surface area contributed by atoms with Gasteiger partial charge in [0.05, 0.1) is 18.0 Å². The van der Waals surface area contributed by atoms with Crippen LogP contribution in [0.5, 0.6) is 0 Å². The summed E-state index contributed by atoms with van der Waals surface area (Å²) in [6.45, 7) is 2.30. The SMILES string of the molecule is CS(=O)(=O)NC1CCC2(CC1)C1CC12Cc1nccc(-n2ccc3c(N4CCN(S(C)(=O)=O)CC4)cccc32)n1. The molecule has 3 heterocycles. The standard InChI is InChI=1S/C28H36N6O4S2/c1-39(35,36)31-20-6-10-27(11-7-20)24-18-28(24,27)19-25-29-12-8-26(30-25)34-13-9-21-22(4-3-5-23(21)34)32-14-16-33(17-15-32)40(2,37)38/h3-5,8-9,12-13,20,24,31H,6-7,10-11,14-19H2,1-2H3. The second kappa shape index (κ2) is 8.98. The van der Waals surface area contributed by atoms with Gasteiger partial charge in [-0.25, -0.2) is 31.5 Å². The third kappa shape index (κ3) is 4.34. The fourth-order valence-electron chi connectivity index (χ4n) is 7.96. The van der Waals surface area contributed by atoms with Crippen molar-refractivity contribution in [2.24, 2.45) is 16.7 Å². The normalized spacial score (nSPS) is 30.5. The Hall–Kier alpha value is -2.54. The number of hydrogen-bond donors (Lipinski definition) is 1. The lowest BCUT2D eigenvalue weighted by molar-refractivity contribution is 0.183. The van der Waals surface area contributed by atoms with Crippen molar-refractivity contribution in [3.63, 3.8) is 0 Å². The molecule has 3 aliphatic carbocycles. The van der Waals surface area contributed by atoms with Crippen molar-refractivity contribution in [1.82, 2.24) is 23.6 Å². The molecule has 10 nitrogen and oxygen atoms in total. The van der Waals surface area contributed by atoms with E-state index in [0.29, 0.717) is 37.0 Å². The highest BCUT2D eigenvalue weighted by Crippen LogP contribution is 2.92. The van der Waals surface area contributed by atoms with Crippen LogP contribution in [0.15, 0.2) is 42.7 Å². The number of fused-ring (bicyclic) bond motifs is 4. The first kappa shape index (κ1) is 26.4. The Morgan fingerprint density at radius 3 is 2.42 bits per heavy atom. The third-order valence-electron chi connectivity index (χ3n) is 10.1. The zero-order chi connectivity index (χ0) is 27.9. The van der Waals surface area contributed by atoms with Gasteiger partial charge >= 0.3 is 0 Å². The van der Waals surface area contributed by atoms with Crippen molar-refractivity contribution in [2.75, 3.05) is 43.6 Å². The monoisotopic (exact) mass is 584 g/mol. The van der Waals surface area contributed by atoms with Crippen LogP contribution in [0, 0.1) is 16.7 Å². The number of nitrogens with one attached hydrogen (secondary N) is 1. The highest BCUT2D eigenvalue weighted by Gasteiger charge is 2.87. The maximum atomic E-state index is 11.9. The summed E-state index contributed by atoms with van der Waals surface area (Å²) in [4.78, 5) is 11.9. The lowest BCUT2D eigenvalue weighted by Gasteiger charge is -2.35. The minimum atomic E-state index is -3.17. The zero-order valence-electron chi connectivity index (χ0n) is 23.0. The molecule has 0 radical (unpaired) electrons. The first-order chi connectivity index (χ1) is 19.0. The van der Waals surface area contributed by atoms with Crippen molar-refractivity contribution in [3.05, 3.63) is 48.5 Å². The van der Waals surface area contributed by atoms with Gasteiger partial charge < -0.3 is 9.47 Å². The van der Waals surface area contributed by atoms with Crippen LogP contribution in [0.25, 0.3) is 16.7 Å².